The van der Waals surface area contributed by atoms with Gasteiger partial charge in [-0.3, -0.25) is 9.59 Å². The summed E-state index contributed by atoms with van der Waals surface area (Å²) < 4.78 is 11.9. The van der Waals surface area contributed by atoms with Crippen molar-refractivity contribution < 1.29 is 23.9 Å². The number of amides is 2. The van der Waals surface area contributed by atoms with Crippen LogP contribution in [0.3, 0.4) is 0 Å². The van der Waals surface area contributed by atoms with E-state index < -0.39 is 17.7 Å². The number of nitrogens with two attached hydrogens (primary N) is 1. The molecule has 0 aliphatic carbocycles. The highest BCUT2D eigenvalue weighted by Gasteiger charge is 2.25. The number of carbonyl (C=O) groups is 3. The number of aliphatic carboxylic acids is 1. The number of nitrogens with one attached hydrogen (secondary N) is 1. The summed E-state index contributed by atoms with van der Waals surface area (Å²) in [5, 5.41) is 10.8. The molecule has 1 aliphatic rings. The Labute approximate surface area is 196 Å². The SMILES string of the molecule is CC(C)(F)C(=O)O.CC[C@H](N)C(=O)N[C@H](/C=C/C(=O)N1CCc2ccccc21)CC(C)(C)C. The molecule has 2 amide bonds. The predicted molar refractivity (Wildman–Crippen MR) is 129 cm³/mol. The first-order chi connectivity index (χ1) is 15.2. The zero-order valence-corrected chi connectivity index (χ0v) is 20.5. The standard InChI is InChI=1S/C21H31N3O2.C4H7FO2/c1-5-17(22)20(26)23-16(14-21(2,3)4)10-11-19(25)24-13-12-15-8-6-7-9-18(15)24;1-4(2,5)3(6)7/h6-11,16-17H,5,12-14,22H2,1-4H3,(H,23,26);1-2H3,(H,6,7)/b11-10+;/t16-,17+;/m1./s1. The Morgan fingerprint density at radius 3 is 2.30 bits per heavy atom. The lowest BCUT2D eigenvalue weighted by Crippen LogP contribution is -2.45. The smallest absolute Gasteiger partial charge is 0.340 e. The van der Waals surface area contributed by atoms with Crippen molar-refractivity contribution in [1.82, 2.24) is 5.32 Å². The lowest BCUT2D eigenvalue weighted by atomic mass is 9.87. The van der Waals surface area contributed by atoms with Gasteiger partial charge in [-0.2, -0.15) is 0 Å². The van der Waals surface area contributed by atoms with Crippen molar-refractivity contribution in [3.8, 4) is 0 Å². The van der Waals surface area contributed by atoms with E-state index in [0.717, 1.165) is 32.4 Å². The molecule has 7 nitrogen and oxygen atoms in total. The molecule has 184 valence electrons. The van der Waals surface area contributed by atoms with Gasteiger partial charge in [-0.1, -0.05) is 52.0 Å². The van der Waals surface area contributed by atoms with Crippen molar-refractivity contribution in [2.75, 3.05) is 11.4 Å². The zero-order valence-electron chi connectivity index (χ0n) is 20.5. The molecule has 33 heavy (non-hydrogen) atoms. The predicted octanol–water partition coefficient (Wildman–Crippen LogP) is 3.61. The molecular formula is C25H38FN3O4. The van der Waals surface area contributed by atoms with E-state index in [-0.39, 0.29) is 23.3 Å². The number of carboxylic acids is 1. The van der Waals surface area contributed by atoms with Gasteiger partial charge in [-0.05, 0) is 50.2 Å². The van der Waals surface area contributed by atoms with Crippen LogP contribution < -0.4 is 16.0 Å². The summed E-state index contributed by atoms with van der Waals surface area (Å²) in [6, 6.07) is 7.23. The number of alkyl halides is 1. The Balaban J connectivity index is 0.000000675. The minimum absolute atomic E-state index is 0.0158. The number of para-hydroxylation sites is 1. The van der Waals surface area contributed by atoms with Crippen LogP contribution >= 0.6 is 0 Å². The minimum Gasteiger partial charge on any atom is -0.479 e. The van der Waals surface area contributed by atoms with Crippen molar-refractivity contribution in [1.29, 1.82) is 0 Å². The number of anilines is 1. The Morgan fingerprint density at radius 1 is 1.21 bits per heavy atom. The fourth-order valence-corrected chi connectivity index (χ4v) is 3.16. The van der Waals surface area contributed by atoms with Gasteiger partial charge in [0.05, 0.1) is 6.04 Å². The van der Waals surface area contributed by atoms with Gasteiger partial charge in [-0.25, -0.2) is 9.18 Å². The quantitative estimate of drug-likeness (QED) is 0.535. The van der Waals surface area contributed by atoms with Crippen molar-refractivity contribution in [2.24, 2.45) is 11.1 Å². The van der Waals surface area contributed by atoms with Crippen LogP contribution in [0.2, 0.25) is 0 Å². The van der Waals surface area contributed by atoms with Gasteiger partial charge in [0, 0.05) is 24.4 Å². The van der Waals surface area contributed by atoms with Crippen molar-refractivity contribution in [3.63, 3.8) is 0 Å². The van der Waals surface area contributed by atoms with Gasteiger partial charge in [0.25, 0.3) is 5.91 Å². The van der Waals surface area contributed by atoms with E-state index >= 15 is 0 Å². The largest absolute Gasteiger partial charge is 0.479 e. The third-order valence-electron chi connectivity index (χ3n) is 5.07. The summed E-state index contributed by atoms with van der Waals surface area (Å²) in [6.07, 6.45) is 5.57. The normalized spacial score (nSPS) is 15.3. The van der Waals surface area contributed by atoms with Crippen LogP contribution in [0.15, 0.2) is 36.4 Å². The molecule has 2 atom stereocenters. The molecule has 0 unspecified atom stereocenters. The van der Waals surface area contributed by atoms with Crippen molar-refractivity contribution in [3.05, 3.63) is 42.0 Å². The fourth-order valence-electron chi connectivity index (χ4n) is 3.16. The molecule has 8 heteroatoms. The number of rotatable bonds is 7. The molecule has 0 saturated carbocycles. The topological polar surface area (TPSA) is 113 Å². The van der Waals surface area contributed by atoms with Crippen molar-refractivity contribution >= 4 is 23.5 Å². The monoisotopic (exact) mass is 463 g/mol. The first-order valence-electron chi connectivity index (χ1n) is 11.2. The summed E-state index contributed by atoms with van der Waals surface area (Å²) >= 11 is 0. The van der Waals surface area contributed by atoms with E-state index in [9.17, 15) is 18.8 Å². The van der Waals surface area contributed by atoms with Crippen LogP contribution in [0.5, 0.6) is 0 Å². The van der Waals surface area contributed by atoms with Gasteiger partial charge in [0.2, 0.25) is 11.6 Å². The van der Waals surface area contributed by atoms with Crippen LogP contribution in [-0.2, 0) is 20.8 Å². The number of halogens is 1. The number of carbonyl (C=O) groups excluding carboxylic acids is 2. The molecule has 1 aliphatic heterocycles. The third kappa shape index (κ3) is 9.74. The molecule has 1 heterocycles. The molecule has 0 saturated heterocycles. The summed E-state index contributed by atoms with van der Waals surface area (Å²) in [4.78, 5) is 36.3. The molecule has 0 radical (unpaired) electrons. The zero-order chi connectivity index (χ0) is 25.4. The highest BCUT2D eigenvalue weighted by atomic mass is 19.1. The number of hydrogen-bond acceptors (Lipinski definition) is 4. The van der Waals surface area contributed by atoms with E-state index in [4.69, 9.17) is 10.8 Å². The van der Waals surface area contributed by atoms with Crippen LogP contribution in [-0.4, -0.2) is 47.2 Å². The Bertz CT molecular complexity index is 856. The molecule has 0 spiro atoms. The third-order valence-corrected chi connectivity index (χ3v) is 5.07. The molecule has 0 bridgehead atoms. The maximum Gasteiger partial charge on any atom is 0.340 e. The Kier molecular flexibility index (Phi) is 10.2. The van der Waals surface area contributed by atoms with Crippen molar-refractivity contribution in [2.45, 2.75) is 78.6 Å². The van der Waals surface area contributed by atoms with Gasteiger partial charge in [0.15, 0.2) is 0 Å². The first-order valence-corrected chi connectivity index (χ1v) is 11.2. The molecular weight excluding hydrogens is 425 g/mol. The lowest BCUT2D eigenvalue weighted by Gasteiger charge is -2.26. The summed E-state index contributed by atoms with van der Waals surface area (Å²) in [6.45, 7) is 10.9. The number of benzene rings is 1. The van der Waals surface area contributed by atoms with Gasteiger partial charge >= 0.3 is 5.97 Å². The molecule has 1 aromatic carbocycles. The molecule has 4 N–H and O–H groups in total. The van der Waals surface area contributed by atoms with Crippen LogP contribution in [0.25, 0.3) is 0 Å². The second-order valence-electron chi connectivity index (χ2n) is 9.90. The van der Waals surface area contributed by atoms with Gasteiger partial charge in [0.1, 0.15) is 0 Å². The summed E-state index contributed by atoms with van der Waals surface area (Å²) in [5.74, 6) is -1.65. The van der Waals surface area contributed by atoms with E-state index in [2.05, 4.69) is 32.2 Å². The van der Waals surface area contributed by atoms with Crippen LogP contribution in [0.1, 0.15) is 59.9 Å². The second kappa shape index (κ2) is 11.9. The van der Waals surface area contributed by atoms with E-state index in [1.807, 2.05) is 25.1 Å². The van der Waals surface area contributed by atoms with Crippen LogP contribution in [0.4, 0.5) is 10.1 Å². The second-order valence-corrected chi connectivity index (χ2v) is 9.90. The summed E-state index contributed by atoms with van der Waals surface area (Å²) in [5.41, 5.74) is 5.93. The van der Waals surface area contributed by atoms with E-state index in [0.29, 0.717) is 13.0 Å². The number of fused-ring (bicyclic) bond motifs is 1. The lowest BCUT2D eigenvalue weighted by molar-refractivity contribution is -0.148. The van der Waals surface area contributed by atoms with Gasteiger partial charge < -0.3 is 21.1 Å². The maximum atomic E-state index is 12.7. The van der Waals surface area contributed by atoms with Crippen LogP contribution in [0, 0.1) is 5.41 Å². The first kappa shape index (κ1) is 28.3. The van der Waals surface area contributed by atoms with E-state index in [1.165, 1.54) is 5.56 Å². The summed E-state index contributed by atoms with van der Waals surface area (Å²) in [7, 11) is 0. The minimum atomic E-state index is -2.08. The number of nitrogens with zero attached hydrogens (tertiary/aromatic N) is 1. The highest BCUT2D eigenvalue weighted by molar-refractivity contribution is 6.03. The average Bonchev–Trinajstić information content (AvgIpc) is 3.14. The Hall–Kier alpha value is -2.74. The fraction of sp³-hybridized carbons (Fsp3) is 0.560. The Morgan fingerprint density at radius 2 is 1.79 bits per heavy atom. The molecule has 2 rings (SSSR count). The molecule has 1 aromatic rings. The average molecular weight is 464 g/mol. The number of carboxylic acid groups (broad SMARTS) is 1. The van der Waals surface area contributed by atoms with E-state index in [1.54, 1.807) is 17.1 Å². The molecule has 0 aromatic heterocycles. The molecule has 0 fully saturated rings. The highest BCUT2D eigenvalue weighted by Crippen LogP contribution is 2.28. The van der Waals surface area contributed by atoms with Gasteiger partial charge in [-0.15, -0.1) is 0 Å². The number of hydrogen-bond donors (Lipinski definition) is 3. The maximum absolute atomic E-state index is 12.7.